The molecule has 5 nitrogen and oxygen atoms in total. The maximum atomic E-state index is 6.18. The van der Waals surface area contributed by atoms with Gasteiger partial charge in [-0.1, -0.05) is 109 Å². The summed E-state index contributed by atoms with van der Waals surface area (Å²) in [5.41, 5.74) is 6.37. The van der Waals surface area contributed by atoms with Crippen molar-refractivity contribution in [2.24, 2.45) is 0 Å². The first-order valence-electron chi connectivity index (χ1n) is 14.9. The minimum absolute atomic E-state index is 0.499. The van der Waals surface area contributed by atoms with Crippen molar-refractivity contribution in [3.05, 3.63) is 146 Å². The van der Waals surface area contributed by atoms with E-state index in [-0.39, 0.29) is 0 Å². The zero-order valence-electron chi connectivity index (χ0n) is 24.1. The molecule has 5 heteroatoms. The Morgan fingerprint density at radius 3 is 1.80 bits per heavy atom. The molecule has 3 heterocycles. The van der Waals surface area contributed by atoms with Crippen LogP contribution in [0.1, 0.15) is 0 Å². The number of nitrogens with zero attached hydrogens (tertiary/aromatic N) is 4. The van der Waals surface area contributed by atoms with Crippen molar-refractivity contribution >= 4 is 43.5 Å². The van der Waals surface area contributed by atoms with E-state index in [0.29, 0.717) is 23.2 Å². The normalized spacial score (nSPS) is 11.6. The molecule has 0 atom stereocenters. The molecule has 0 fully saturated rings. The molecule has 6 aromatic carbocycles. The second-order valence-corrected chi connectivity index (χ2v) is 11.1. The van der Waals surface area contributed by atoms with E-state index >= 15 is 0 Å². The Labute approximate surface area is 258 Å². The topological polar surface area (TPSA) is 64.7 Å². The van der Waals surface area contributed by atoms with E-state index in [0.717, 1.165) is 60.2 Å². The predicted octanol–water partition coefficient (Wildman–Crippen LogP) is 10.1. The standard InChI is InChI=1S/C40H24N4O/c1-2-8-25(9-3-1)29-17-14-27-16-19-31(24-32(27)23-29)39-42-38(30-18-15-26-10-4-5-11-28(26)22-30)43-40(44-39)37-36-33-12-6-7-13-34(33)45-35(36)20-21-41-37/h1-24H. The summed E-state index contributed by atoms with van der Waals surface area (Å²) in [5.74, 6) is 1.67. The molecule has 9 aromatic rings. The lowest BCUT2D eigenvalue weighted by Crippen LogP contribution is -2.01. The van der Waals surface area contributed by atoms with Gasteiger partial charge < -0.3 is 4.42 Å². The first-order valence-corrected chi connectivity index (χ1v) is 14.9. The number of aromatic nitrogens is 4. The number of fused-ring (bicyclic) bond motifs is 5. The van der Waals surface area contributed by atoms with E-state index < -0.39 is 0 Å². The highest BCUT2D eigenvalue weighted by Crippen LogP contribution is 2.36. The van der Waals surface area contributed by atoms with Crippen molar-refractivity contribution in [1.82, 2.24) is 19.9 Å². The molecule has 210 valence electrons. The number of hydrogen-bond acceptors (Lipinski definition) is 5. The number of rotatable bonds is 4. The third-order valence-corrected chi connectivity index (χ3v) is 8.35. The highest BCUT2D eigenvalue weighted by atomic mass is 16.3. The summed E-state index contributed by atoms with van der Waals surface area (Å²) in [5, 5.41) is 6.42. The van der Waals surface area contributed by atoms with Gasteiger partial charge in [0.25, 0.3) is 0 Å². The van der Waals surface area contributed by atoms with E-state index in [1.54, 1.807) is 6.20 Å². The fraction of sp³-hybridized carbons (Fsp3) is 0. The highest BCUT2D eigenvalue weighted by molar-refractivity contribution is 6.10. The van der Waals surface area contributed by atoms with E-state index in [1.165, 1.54) is 5.56 Å². The van der Waals surface area contributed by atoms with Crippen LogP contribution in [0.2, 0.25) is 0 Å². The quantitative estimate of drug-likeness (QED) is 0.209. The Hall–Kier alpha value is -6.20. The van der Waals surface area contributed by atoms with Gasteiger partial charge in [-0.25, -0.2) is 15.0 Å². The van der Waals surface area contributed by atoms with Crippen molar-refractivity contribution in [3.8, 4) is 45.4 Å². The van der Waals surface area contributed by atoms with Crippen LogP contribution in [0.25, 0.3) is 88.9 Å². The summed E-state index contributed by atoms with van der Waals surface area (Å²) in [6.07, 6.45) is 1.75. The van der Waals surface area contributed by atoms with Crippen LogP contribution in [0.4, 0.5) is 0 Å². The molecule has 0 saturated heterocycles. The van der Waals surface area contributed by atoms with Gasteiger partial charge in [-0.2, -0.15) is 0 Å². The van der Waals surface area contributed by atoms with Crippen LogP contribution in [-0.4, -0.2) is 19.9 Å². The van der Waals surface area contributed by atoms with Gasteiger partial charge in [0.05, 0.1) is 5.39 Å². The van der Waals surface area contributed by atoms with Gasteiger partial charge in [0.15, 0.2) is 17.5 Å². The zero-order valence-corrected chi connectivity index (χ0v) is 24.1. The molecule has 0 aliphatic heterocycles. The number of furan rings is 1. The molecule has 45 heavy (non-hydrogen) atoms. The second kappa shape index (κ2) is 10.2. The van der Waals surface area contributed by atoms with Gasteiger partial charge in [0, 0.05) is 22.7 Å². The number of para-hydroxylation sites is 1. The zero-order chi connectivity index (χ0) is 29.7. The molecule has 0 bridgehead atoms. The Balaban J connectivity index is 1.27. The lowest BCUT2D eigenvalue weighted by atomic mass is 10.00. The minimum Gasteiger partial charge on any atom is -0.456 e. The third kappa shape index (κ3) is 4.41. The Morgan fingerprint density at radius 1 is 0.400 bits per heavy atom. The second-order valence-electron chi connectivity index (χ2n) is 11.1. The molecule has 0 aliphatic rings. The molecule has 0 amide bonds. The molecule has 0 spiro atoms. The minimum atomic E-state index is 0.499. The van der Waals surface area contributed by atoms with Crippen molar-refractivity contribution in [1.29, 1.82) is 0 Å². The molecule has 0 N–H and O–H groups in total. The van der Waals surface area contributed by atoms with Crippen LogP contribution >= 0.6 is 0 Å². The van der Waals surface area contributed by atoms with Crippen LogP contribution in [0.5, 0.6) is 0 Å². The fourth-order valence-electron chi connectivity index (χ4n) is 6.10. The monoisotopic (exact) mass is 576 g/mol. The number of pyridine rings is 1. The van der Waals surface area contributed by atoms with Gasteiger partial charge in [0.1, 0.15) is 16.9 Å². The average Bonchev–Trinajstić information content (AvgIpc) is 3.50. The van der Waals surface area contributed by atoms with Gasteiger partial charge in [0.2, 0.25) is 0 Å². The molecular weight excluding hydrogens is 552 g/mol. The summed E-state index contributed by atoms with van der Waals surface area (Å²) in [6, 6.07) is 47.8. The van der Waals surface area contributed by atoms with E-state index in [2.05, 4.69) is 91.0 Å². The SMILES string of the molecule is c1ccc(-c2ccc3ccc(-c4nc(-c5ccc6ccccc6c5)nc(-c5nccc6oc7ccccc7c56)n4)cc3c2)cc1. The predicted molar refractivity (Wildman–Crippen MR) is 182 cm³/mol. The largest absolute Gasteiger partial charge is 0.456 e. The lowest BCUT2D eigenvalue weighted by Gasteiger charge is -2.10. The smallest absolute Gasteiger partial charge is 0.183 e. The maximum absolute atomic E-state index is 6.18. The molecule has 0 saturated carbocycles. The summed E-state index contributed by atoms with van der Waals surface area (Å²) < 4.78 is 6.18. The molecular formula is C40H24N4O. The number of hydrogen-bond donors (Lipinski definition) is 0. The number of benzene rings is 6. The Morgan fingerprint density at radius 2 is 1.00 bits per heavy atom. The van der Waals surface area contributed by atoms with Crippen molar-refractivity contribution in [2.45, 2.75) is 0 Å². The van der Waals surface area contributed by atoms with E-state index in [4.69, 9.17) is 24.4 Å². The van der Waals surface area contributed by atoms with Gasteiger partial charge in [-0.3, -0.25) is 4.98 Å². The molecule has 3 aromatic heterocycles. The van der Waals surface area contributed by atoms with E-state index in [9.17, 15) is 0 Å². The summed E-state index contributed by atoms with van der Waals surface area (Å²) in [4.78, 5) is 19.9. The average molecular weight is 577 g/mol. The van der Waals surface area contributed by atoms with E-state index in [1.807, 2.05) is 48.5 Å². The van der Waals surface area contributed by atoms with Crippen LogP contribution in [0, 0.1) is 0 Å². The molecule has 9 rings (SSSR count). The molecule has 0 aliphatic carbocycles. The van der Waals surface area contributed by atoms with Crippen LogP contribution in [-0.2, 0) is 0 Å². The van der Waals surface area contributed by atoms with Crippen LogP contribution < -0.4 is 0 Å². The summed E-state index contributed by atoms with van der Waals surface area (Å²) in [7, 11) is 0. The highest BCUT2D eigenvalue weighted by Gasteiger charge is 2.19. The van der Waals surface area contributed by atoms with Gasteiger partial charge in [-0.15, -0.1) is 0 Å². The van der Waals surface area contributed by atoms with Crippen molar-refractivity contribution in [3.63, 3.8) is 0 Å². The van der Waals surface area contributed by atoms with Crippen LogP contribution in [0.15, 0.2) is 150 Å². The van der Waals surface area contributed by atoms with Gasteiger partial charge in [-0.05, 0) is 63.0 Å². The maximum Gasteiger partial charge on any atom is 0.183 e. The van der Waals surface area contributed by atoms with Gasteiger partial charge >= 0.3 is 0 Å². The van der Waals surface area contributed by atoms with Crippen LogP contribution in [0.3, 0.4) is 0 Å². The first-order chi connectivity index (χ1) is 22.3. The molecule has 0 unspecified atom stereocenters. The van der Waals surface area contributed by atoms with Crippen molar-refractivity contribution in [2.75, 3.05) is 0 Å². The Kier molecular flexibility index (Phi) is 5.74. The first kappa shape index (κ1) is 25.3. The molecule has 0 radical (unpaired) electrons. The fourth-order valence-corrected chi connectivity index (χ4v) is 6.10. The Bertz CT molecular complexity index is 2550. The third-order valence-electron chi connectivity index (χ3n) is 8.35. The lowest BCUT2D eigenvalue weighted by molar-refractivity contribution is 0.668. The van der Waals surface area contributed by atoms with Crippen molar-refractivity contribution < 1.29 is 4.42 Å². The summed E-state index contributed by atoms with van der Waals surface area (Å²) in [6.45, 7) is 0. The summed E-state index contributed by atoms with van der Waals surface area (Å²) >= 11 is 0.